The fourth-order valence-corrected chi connectivity index (χ4v) is 3.66. The number of carbonyl (C=O) groups excluding carboxylic acids is 1. The summed E-state index contributed by atoms with van der Waals surface area (Å²) in [6, 6.07) is -0.686. The maximum atomic E-state index is 12.6. The molecular formula is C14H25NO8S. The summed E-state index contributed by atoms with van der Waals surface area (Å²) in [5, 5.41) is 0. The molecule has 0 aromatic heterocycles. The molecule has 3 atom stereocenters. The normalized spacial score (nSPS) is 29.6. The summed E-state index contributed by atoms with van der Waals surface area (Å²) in [5.41, 5.74) is -0.704. The SMILES string of the molecule is COC1(OC)COC2C1N(C(=O)OC(C)(C)C)C[C@H]2OS(C)(=O)=O. The van der Waals surface area contributed by atoms with Crippen LogP contribution < -0.4 is 0 Å². The van der Waals surface area contributed by atoms with Crippen molar-refractivity contribution in [1.29, 1.82) is 0 Å². The van der Waals surface area contributed by atoms with E-state index >= 15 is 0 Å². The number of methoxy groups -OCH3 is 2. The highest BCUT2D eigenvalue weighted by molar-refractivity contribution is 7.86. The van der Waals surface area contributed by atoms with Crippen LogP contribution in [0.25, 0.3) is 0 Å². The number of hydrogen-bond donors (Lipinski definition) is 0. The van der Waals surface area contributed by atoms with E-state index in [9.17, 15) is 13.2 Å². The predicted octanol–water partition coefficient (Wildman–Crippen LogP) is 0.338. The van der Waals surface area contributed by atoms with Gasteiger partial charge in [-0.1, -0.05) is 0 Å². The minimum Gasteiger partial charge on any atom is -0.444 e. The topological polar surface area (TPSA) is 101 Å². The van der Waals surface area contributed by atoms with Gasteiger partial charge in [-0.05, 0) is 20.8 Å². The maximum Gasteiger partial charge on any atom is 0.410 e. The minimum atomic E-state index is -3.72. The van der Waals surface area contributed by atoms with Crippen molar-refractivity contribution in [2.75, 3.05) is 33.6 Å². The Labute approximate surface area is 142 Å². The molecule has 140 valence electrons. The zero-order valence-corrected chi connectivity index (χ0v) is 15.6. The quantitative estimate of drug-likeness (QED) is 0.518. The second-order valence-corrected chi connectivity index (χ2v) is 8.51. The zero-order valence-electron chi connectivity index (χ0n) is 14.8. The lowest BCUT2D eigenvalue weighted by atomic mass is 10.0. The van der Waals surface area contributed by atoms with Crippen LogP contribution in [0.3, 0.4) is 0 Å². The van der Waals surface area contributed by atoms with Crippen molar-refractivity contribution in [3.05, 3.63) is 0 Å². The average Bonchev–Trinajstić information content (AvgIpc) is 2.95. The molecule has 2 aliphatic heterocycles. The van der Waals surface area contributed by atoms with E-state index in [0.717, 1.165) is 6.26 Å². The summed E-state index contributed by atoms with van der Waals surface area (Å²) in [4.78, 5) is 13.9. The number of nitrogens with zero attached hydrogens (tertiary/aromatic N) is 1. The fraction of sp³-hybridized carbons (Fsp3) is 0.929. The molecule has 2 rings (SSSR count). The van der Waals surface area contributed by atoms with Crippen LogP contribution >= 0.6 is 0 Å². The van der Waals surface area contributed by atoms with E-state index in [4.69, 9.17) is 23.1 Å². The van der Waals surface area contributed by atoms with Gasteiger partial charge >= 0.3 is 6.09 Å². The van der Waals surface area contributed by atoms with Crippen LogP contribution in [-0.4, -0.2) is 82.7 Å². The summed E-state index contributed by atoms with van der Waals surface area (Å²) < 4.78 is 50.1. The standard InChI is InChI=1S/C14H25NO8S/c1-13(2,3)22-12(16)15-7-9(23-24(6,17)18)10-11(15)14(19-4,20-5)8-21-10/h9-11H,7-8H2,1-6H3/t9-,10?,11?/m1/s1. The molecule has 0 aromatic carbocycles. The lowest BCUT2D eigenvalue weighted by molar-refractivity contribution is -0.225. The van der Waals surface area contributed by atoms with Gasteiger partial charge < -0.3 is 18.9 Å². The number of carbonyl (C=O) groups is 1. The van der Waals surface area contributed by atoms with Crippen molar-refractivity contribution in [1.82, 2.24) is 4.90 Å². The fourth-order valence-electron chi connectivity index (χ4n) is 3.04. The molecule has 0 aliphatic carbocycles. The Hall–Kier alpha value is -0.940. The second-order valence-electron chi connectivity index (χ2n) is 6.91. The van der Waals surface area contributed by atoms with E-state index in [0.29, 0.717) is 0 Å². The molecule has 2 unspecified atom stereocenters. The van der Waals surface area contributed by atoms with Crippen LogP contribution in [0, 0.1) is 0 Å². The molecule has 0 bridgehead atoms. The van der Waals surface area contributed by atoms with Crippen LogP contribution in [-0.2, 0) is 33.2 Å². The molecule has 2 fully saturated rings. The van der Waals surface area contributed by atoms with Crippen LogP contribution in [0.4, 0.5) is 4.79 Å². The third kappa shape index (κ3) is 3.83. The first kappa shape index (κ1) is 19.4. The molecule has 2 saturated heterocycles. The average molecular weight is 367 g/mol. The van der Waals surface area contributed by atoms with E-state index in [2.05, 4.69) is 0 Å². The molecule has 2 aliphatic rings. The molecule has 0 aromatic rings. The van der Waals surface area contributed by atoms with Crippen LogP contribution in [0.1, 0.15) is 20.8 Å². The van der Waals surface area contributed by atoms with E-state index in [1.807, 2.05) is 0 Å². The second kappa shape index (κ2) is 6.41. The van der Waals surface area contributed by atoms with Crippen molar-refractivity contribution < 1.29 is 36.3 Å². The highest BCUT2D eigenvalue weighted by atomic mass is 32.2. The molecule has 2 heterocycles. The third-order valence-corrected chi connectivity index (χ3v) is 4.53. The van der Waals surface area contributed by atoms with E-state index in [1.165, 1.54) is 19.1 Å². The lowest BCUT2D eigenvalue weighted by Crippen LogP contribution is -2.55. The molecule has 9 nitrogen and oxygen atoms in total. The monoisotopic (exact) mass is 367 g/mol. The molecular weight excluding hydrogens is 342 g/mol. The van der Waals surface area contributed by atoms with Crippen molar-refractivity contribution in [2.24, 2.45) is 0 Å². The summed E-state index contributed by atoms with van der Waals surface area (Å²) in [6.45, 7) is 5.26. The highest BCUT2D eigenvalue weighted by Crippen LogP contribution is 2.40. The van der Waals surface area contributed by atoms with Gasteiger partial charge in [0.1, 0.15) is 30.5 Å². The Morgan fingerprint density at radius 2 is 1.83 bits per heavy atom. The summed E-state index contributed by atoms with van der Waals surface area (Å²) >= 11 is 0. The summed E-state index contributed by atoms with van der Waals surface area (Å²) in [5.74, 6) is -1.21. The van der Waals surface area contributed by atoms with Gasteiger partial charge in [0.25, 0.3) is 10.1 Å². The number of likely N-dealkylation sites (tertiary alicyclic amines) is 1. The molecule has 10 heteroatoms. The number of rotatable bonds is 4. The van der Waals surface area contributed by atoms with Gasteiger partial charge in [0.15, 0.2) is 0 Å². The van der Waals surface area contributed by atoms with Gasteiger partial charge in [0.2, 0.25) is 5.79 Å². The first-order valence-corrected chi connectivity index (χ1v) is 9.34. The largest absolute Gasteiger partial charge is 0.444 e. The van der Waals surface area contributed by atoms with Crippen LogP contribution in [0.5, 0.6) is 0 Å². The van der Waals surface area contributed by atoms with E-state index < -0.39 is 45.8 Å². The minimum absolute atomic E-state index is 0.00815. The molecule has 0 N–H and O–H groups in total. The van der Waals surface area contributed by atoms with Crippen molar-refractivity contribution >= 4 is 16.2 Å². The van der Waals surface area contributed by atoms with E-state index in [1.54, 1.807) is 20.8 Å². The van der Waals surface area contributed by atoms with Gasteiger partial charge in [-0.25, -0.2) is 4.79 Å². The number of fused-ring (bicyclic) bond motifs is 1. The summed E-state index contributed by atoms with van der Waals surface area (Å²) in [6.07, 6.45) is -1.22. The molecule has 1 amide bonds. The predicted molar refractivity (Wildman–Crippen MR) is 82.9 cm³/mol. The van der Waals surface area contributed by atoms with Gasteiger partial charge in [0, 0.05) is 14.2 Å². The van der Waals surface area contributed by atoms with Gasteiger partial charge in [-0.15, -0.1) is 0 Å². The smallest absolute Gasteiger partial charge is 0.410 e. The van der Waals surface area contributed by atoms with E-state index in [-0.39, 0.29) is 13.2 Å². The van der Waals surface area contributed by atoms with Crippen LogP contribution in [0.2, 0.25) is 0 Å². The van der Waals surface area contributed by atoms with Crippen LogP contribution in [0.15, 0.2) is 0 Å². The highest BCUT2D eigenvalue weighted by Gasteiger charge is 2.63. The Kier molecular flexibility index (Phi) is 5.18. The maximum absolute atomic E-state index is 12.6. The number of hydrogen-bond acceptors (Lipinski definition) is 8. The first-order valence-electron chi connectivity index (χ1n) is 7.52. The Bertz CT molecular complexity index is 580. The molecule has 24 heavy (non-hydrogen) atoms. The number of amides is 1. The Morgan fingerprint density at radius 3 is 2.29 bits per heavy atom. The van der Waals surface area contributed by atoms with Crippen molar-refractivity contribution in [3.8, 4) is 0 Å². The summed E-state index contributed by atoms with van der Waals surface area (Å²) in [7, 11) is -0.846. The Morgan fingerprint density at radius 1 is 1.25 bits per heavy atom. The van der Waals surface area contributed by atoms with Gasteiger partial charge in [0.05, 0.1) is 12.8 Å². The third-order valence-electron chi connectivity index (χ3n) is 3.94. The molecule has 0 spiro atoms. The van der Waals surface area contributed by atoms with Gasteiger partial charge in [-0.2, -0.15) is 8.42 Å². The number of ether oxygens (including phenoxy) is 4. The van der Waals surface area contributed by atoms with Crippen molar-refractivity contribution in [2.45, 2.75) is 50.4 Å². The first-order chi connectivity index (χ1) is 10.9. The lowest BCUT2D eigenvalue weighted by Gasteiger charge is -2.36. The molecule has 0 radical (unpaired) electrons. The Balaban J connectivity index is 2.32. The molecule has 0 saturated carbocycles. The van der Waals surface area contributed by atoms with Gasteiger partial charge in [-0.3, -0.25) is 9.08 Å². The zero-order chi connectivity index (χ0) is 18.3. The van der Waals surface area contributed by atoms with Crippen molar-refractivity contribution in [3.63, 3.8) is 0 Å².